The Morgan fingerprint density at radius 1 is 1.10 bits per heavy atom. The van der Waals surface area contributed by atoms with Crippen molar-refractivity contribution in [3.63, 3.8) is 0 Å². The Morgan fingerprint density at radius 2 is 1.86 bits per heavy atom. The fourth-order valence-electron chi connectivity index (χ4n) is 2.36. The van der Waals surface area contributed by atoms with Crippen LogP contribution in [0.3, 0.4) is 0 Å². The molecule has 4 nitrogen and oxygen atoms in total. The second-order valence-corrected chi connectivity index (χ2v) is 5.58. The highest BCUT2D eigenvalue weighted by Crippen LogP contribution is 2.35. The highest BCUT2D eigenvalue weighted by molar-refractivity contribution is 9.10. The molecule has 21 heavy (non-hydrogen) atoms. The van der Waals surface area contributed by atoms with Crippen molar-refractivity contribution in [1.82, 2.24) is 9.97 Å². The molecule has 1 aromatic heterocycles. The van der Waals surface area contributed by atoms with Crippen LogP contribution in [0.5, 0.6) is 11.5 Å². The molecule has 0 fully saturated rings. The van der Waals surface area contributed by atoms with E-state index in [0.717, 1.165) is 16.6 Å². The number of aromatic amines is 1. The van der Waals surface area contributed by atoms with E-state index in [0.29, 0.717) is 35.0 Å². The summed E-state index contributed by atoms with van der Waals surface area (Å²) in [6, 6.07) is 8.23. The monoisotopic (exact) mass is 348 g/mol. The maximum absolute atomic E-state index is 13.2. The molecule has 2 heterocycles. The van der Waals surface area contributed by atoms with Gasteiger partial charge in [0.1, 0.15) is 24.9 Å². The minimum absolute atomic E-state index is 0.293. The zero-order chi connectivity index (χ0) is 14.4. The molecule has 0 saturated heterocycles. The van der Waals surface area contributed by atoms with Crippen molar-refractivity contribution in [2.24, 2.45) is 0 Å². The Balaban J connectivity index is 1.86. The first-order chi connectivity index (χ1) is 10.2. The Bertz CT molecular complexity index is 804. The van der Waals surface area contributed by atoms with E-state index in [2.05, 4.69) is 25.9 Å². The summed E-state index contributed by atoms with van der Waals surface area (Å²) in [7, 11) is 0. The average Bonchev–Trinajstić information content (AvgIpc) is 2.87. The van der Waals surface area contributed by atoms with E-state index in [1.165, 1.54) is 12.1 Å². The molecule has 0 unspecified atom stereocenters. The summed E-state index contributed by atoms with van der Waals surface area (Å²) in [5.41, 5.74) is 2.43. The number of nitrogens with zero attached hydrogens (tertiary/aromatic N) is 1. The third-order valence-corrected chi connectivity index (χ3v) is 3.99. The van der Waals surface area contributed by atoms with E-state index in [4.69, 9.17) is 9.47 Å². The van der Waals surface area contributed by atoms with Gasteiger partial charge in [-0.3, -0.25) is 0 Å². The van der Waals surface area contributed by atoms with Crippen molar-refractivity contribution in [3.05, 3.63) is 40.6 Å². The van der Waals surface area contributed by atoms with E-state index >= 15 is 0 Å². The summed E-state index contributed by atoms with van der Waals surface area (Å²) in [5.74, 6) is 1.78. The van der Waals surface area contributed by atoms with Crippen molar-refractivity contribution in [1.29, 1.82) is 0 Å². The maximum Gasteiger partial charge on any atom is 0.163 e. The normalized spacial score (nSPS) is 13.6. The zero-order valence-corrected chi connectivity index (χ0v) is 12.4. The van der Waals surface area contributed by atoms with Crippen molar-refractivity contribution in [3.8, 4) is 22.9 Å². The second kappa shape index (κ2) is 4.73. The molecule has 4 rings (SSSR count). The van der Waals surface area contributed by atoms with Crippen LogP contribution in [0.1, 0.15) is 0 Å². The first-order valence-corrected chi connectivity index (χ1v) is 7.25. The molecule has 0 amide bonds. The fourth-order valence-corrected chi connectivity index (χ4v) is 2.89. The van der Waals surface area contributed by atoms with Crippen LogP contribution in [0.2, 0.25) is 0 Å². The number of imidazole rings is 1. The van der Waals surface area contributed by atoms with Gasteiger partial charge < -0.3 is 14.5 Å². The van der Waals surface area contributed by atoms with E-state index in [1.54, 1.807) is 6.07 Å². The number of aromatic nitrogens is 2. The summed E-state index contributed by atoms with van der Waals surface area (Å²) in [6.07, 6.45) is 0. The molecule has 106 valence electrons. The van der Waals surface area contributed by atoms with Gasteiger partial charge in [0.15, 0.2) is 11.5 Å². The molecular formula is C15H10BrFN2O2. The number of H-pyrrole nitrogens is 1. The van der Waals surface area contributed by atoms with Crippen LogP contribution in [0, 0.1) is 5.82 Å². The number of benzene rings is 2. The van der Waals surface area contributed by atoms with Crippen LogP contribution in [-0.4, -0.2) is 23.2 Å². The minimum Gasteiger partial charge on any atom is -0.486 e. The molecular weight excluding hydrogens is 339 g/mol. The predicted octanol–water partition coefficient (Wildman–Crippen LogP) is 3.90. The lowest BCUT2D eigenvalue weighted by Gasteiger charge is -2.17. The Labute approximate surface area is 128 Å². The Hall–Kier alpha value is -2.08. The first kappa shape index (κ1) is 12.6. The summed E-state index contributed by atoms with van der Waals surface area (Å²) in [4.78, 5) is 7.76. The zero-order valence-electron chi connectivity index (χ0n) is 10.8. The Morgan fingerprint density at radius 3 is 2.62 bits per heavy atom. The maximum atomic E-state index is 13.2. The van der Waals surface area contributed by atoms with Crippen LogP contribution in [-0.2, 0) is 0 Å². The van der Waals surface area contributed by atoms with Gasteiger partial charge in [-0.1, -0.05) is 0 Å². The lowest BCUT2D eigenvalue weighted by Crippen LogP contribution is -2.15. The molecule has 0 radical (unpaired) electrons. The van der Waals surface area contributed by atoms with Gasteiger partial charge in [0, 0.05) is 22.2 Å². The predicted molar refractivity (Wildman–Crippen MR) is 80.2 cm³/mol. The molecule has 2 aromatic carbocycles. The first-order valence-electron chi connectivity index (χ1n) is 6.45. The van der Waals surface area contributed by atoms with Gasteiger partial charge in [0.2, 0.25) is 0 Å². The molecule has 0 aliphatic carbocycles. The summed E-state index contributed by atoms with van der Waals surface area (Å²) >= 11 is 3.36. The van der Waals surface area contributed by atoms with Gasteiger partial charge in [-0.15, -0.1) is 0 Å². The molecule has 1 aliphatic rings. The van der Waals surface area contributed by atoms with Crippen LogP contribution < -0.4 is 9.47 Å². The molecule has 1 aliphatic heterocycles. The largest absolute Gasteiger partial charge is 0.486 e. The molecule has 0 saturated carbocycles. The van der Waals surface area contributed by atoms with Crippen molar-refractivity contribution in [2.45, 2.75) is 0 Å². The molecule has 6 heteroatoms. The minimum atomic E-state index is -0.293. The lowest BCUT2D eigenvalue weighted by atomic mass is 10.2. The van der Waals surface area contributed by atoms with Gasteiger partial charge in [-0.05, 0) is 34.1 Å². The van der Waals surface area contributed by atoms with E-state index in [9.17, 15) is 4.39 Å². The topological polar surface area (TPSA) is 47.1 Å². The van der Waals surface area contributed by atoms with Crippen LogP contribution in [0.25, 0.3) is 22.4 Å². The molecule has 0 atom stereocenters. The number of hydrogen-bond donors (Lipinski definition) is 1. The van der Waals surface area contributed by atoms with Gasteiger partial charge in [0.25, 0.3) is 0 Å². The van der Waals surface area contributed by atoms with Gasteiger partial charge in [-0.25, -0.2) is 9.37 Å². The van der Waals surface area contributed by atoms with Gasteiger partial charge in [-0.2, -0.15) is 0 Å². The summed E-state index contributed by atoms with van der Waals surface area (Å²) < 4.78 is 24.9. The van der Waals surface area contributed by atoms with Gasteiger partial charge >= 0.3 is 0 Å². The fraction of sp³-hybridized carbons (Fsp3) is 0.133. The summed E-state index contributed by atoms with van der Waals surface area (Å²) in [6.45, 7) is 1.09. The van der Waals surface area contributed by atoms with Crippen molar-refractivity contribution in [2.75, 3.05) is 13.2 Å². The second-order valence-electron chi connectivity index (χ2n) is 4.72. The third-order valence-electron chi connectivity index (χ3n) is 3.33. The number of rotatable bonds is 1. The van der Waals surface area contributed by atoms with E-state index < -0.39 is 0 Å². The average molecular weight is 349 g/mol. The number of hydrogen-bond acceptors (Lipinski definition) is 3. The van der Waals surface area contributed by atoms with Gasteiger partial charge in [0.05, 0.1) is 11.0 Å². The molecule has 3 aromatic rings. The summed E-state index contributed by atoms with van der Waals surface area (Å²) in [5, 5.41) is 0. The third kappa shape index (κ3) is 2.15. The highest BCUT2D eigenvalue weighted by atomic mass is 79.9. The number of ether oxygens (including phenoxy) is 2. The number of nitrogens with one attached hydrogen (secondary N) is 1. The van der Waals surface area contributed by atoms with Crippen molar-refractivity contribution >= 4 is 27.0 Å². The number of halogens is 2. The standard InChI is InChI=1S/C15H10BrFN2O2/c16-10-5-8(17)1-2-9(10)15-18-11-6-13-14(7-12(11)19-15)21-4-3-20-13/h1-2,5-7H,3-4H2,(H,18,19). The molecule has 1 N–H and O–H groups in total. The van der Waals surface area contributed by atoms with E-state index in [-0.39, 0.29) is 5.82 Å². The van der Waals surface area contributed by atoms with Crippen LogP contribution in [0.4, 0.5) is 4.39 Å². The van der Waals surface area contributed by atoms with Crippen LogP contribution in [0.15, 0.2) is 34.8 Å². The highest BCUT2D eigenvalue weighted by Gasteiger charge is 2.16. The van der Waals surface area contributed by atoms with Crippen molar-refractivity contribution < 1.29 is 13.9 Å². The number of fused-ring (bicyclic) bond motifs is 2. The SMILES string of the molecule is Fc1ccc(-c2nc3cc4c(cc3[nH]2)OCCO4)c(Br)c1. The van der Waals surface area contributed by atoms with Crippen LogP contribution >= 0.6 is 15.9 Å². The molecule has 0 spiro atoms. The lowest BCUT2D eigenvalue weighted by molar-refractivity contribution is 0.172. The van der Waals surface area contributed by atoms with E-state index in [1.807, 2.05) is 12.1 Å². The molecule has 0 bridgehead atoms. The quantitative estimate of drug-likeness (QED) is 0.725. The Kier molecular flexibility index (Phi) is 2.85. The smallest absolute Gasteiger partial charge is 0.163 e.